The van der Waals surface area contributed by atoms with Gasteiger partial charge in [-0.25, -0.2) is 0 Å². The highest BCUT2D eigenvalue weighted by molar-refractivity contribution is 5.39. The van der Waals surface area contributed by atoms with Gasteiger partial charge in [-0.2, -0.15) is 5.10 Å². The summed E-state index contributed by atoms with van der Waals surface area (Å²) in [5.74, 6) is 2.40. The first-order valence-corrected chi connectivity index (χ1v) is 6.81. The molecule has 0 aliphatic heterocycles. The molecule has 17 heavy (non-hydrogen) atoms. The molecule has 1 fully saturated rings. The highest BCUT2D eigenvalue weighted by Gasteiger charge is 2.30. The number of anilines is 1. The fourth-order valence-corrected chi connectivity index (χ4v) is 3.08. The van der Waals surface area contributed by atoms with Crippen molar-refractivity contribution >= 4 is 5.69 Å². The van der Waals surface area contributed by atoms with Crippen LogP contribution in [-0.4, -0.2) is 15.8 Å². The molecule has 3 heteroatoms. The maximum atomic E-state index is 4.23. The standard InChI is InChI=1S/C14H25N3/c1-10(2)13-6-5-11(3)7-14(13)16-12-8-15-17(4)9-12/h8-11,13-14,16H,5-7H2,1-4H3. The molecule has 1 saturated carbocycles. The normalized spacial score (nSPS) is 29.6. The number of rotatable bonds is 3. The van der Waals surface area contributed by atoms with Crippen LogP contribution in [-0.2, 0) is 7.05 Å². The molecule has 1 aromatic heterocycles. The number of hydrogen-bond acceptors (Lipinski definition) is 2. The van der Waals surface area contributed by atoms with Gasteiger partial charge in [0.25, 0.3) is 0 Å². The fraction of sp³-hybridized carbons (Fsp3) is 0.786. The first-order chi connectivity index (χ1) is 8.06. The zero-order valence-electron chi connectivity index (χ0n) is 11.5. The second kappa shape index (κ2) is 5.11. The van der Waals surface area contributed by atoms with Gasteiger partial charge in [0.15, 0.2) is 0 Å². The van der Waals surface area contributed by atoms with Crippen LogP contribution in [0.5, 0.6) is 0 Å². The van der Waals surface area contributed by atoms with Crippen molar-refractivity contribution in [2.75, 3.05) is 5.32 Å². The largest absolute Gasteiger partial charge is 0.379 e. The van der Waals surface area contributed by atoms with E-state index in [1.807, 2.05) is 17.9 Å². The van der Waals surface area contributed by atoms with Crippen LogP contribution in [0.2, 0.25) is 0 Å². The molecule has 0 saturated heterocycles. The minimum atomic E-state index is 0.614. The summed E-state index contributed by atoms with van der Waals surface area (Å²) < 4.78 is 1.86. The van der Waals surface area contributed by atoms with Crippen LogP contribution in [0.4, 0.5) is 5.69 Å². The molecule has 0 amide bonds. The second-order valence-electron chi connectivity index (χ2n) is 5.98. The predicted molar refractivity (Wildman–Crippen MR) is 72.0 cm³/mol. The molecule has 1 aromatic rings. The molecule has 1 heterocycles. The van der Waals surface area contributed by atoms with Crippen molar-refractivity contribution in [3.63, 3.8) is 0 Å². The Labute approximate surface area is 105 Å². The average molecular weight is 235 g/mol. The maximum Gasteiger partial charge on any atom is 0.0728 e. The highest BCUT2D eigenvalue weighted by atomic mass is 15.3. The SMILES string of the molecule is CC1CCC(C(C)C)C(Nc2cnn(C)c2)C1. The van der Waals surface area contributed by atoms with Gasteiger partial charge in [0.1, 0.15) is 0 Å². The quantitative estimate of drug-likeness (QED) is 0.871. The fourth-order valence-electron chi connectivity index (χ4n) is 3.08. The number of nitrogens with one attached hydrogen (secondary N) is 1. The molecule has 96 valence electrons. The first kappa shape index (κ1) is 12.5. The highest BCUT2D eigenvalue weighted by Crippen LogP contribution is 2.35. The van der Waals surface area contributed by atoms with E-state index in [9.17, 15) is 0 Å². The molecule has 2 rings (SSSR count). The molecule has 3 unspecified atom stereocenters. The molecule has 1 aliphatic rings. The van der Waals surface area contributed by atoms with E-state index in [4.69, 9.17) is 0 Å². The monoisotopic (exact) mass is 235 g/mol. The van der Waals surface area contributed by atoms with Gasteiger partial charge < -0.3 is 5.32 Å². The molecule has 0 aromatic carbocycles. The van der Waals surface area contributed by atoms with Crippen LogP contribution in [0.3, 0.4) is 0 Å². The van der Waals surface area contributed by atoms with Crippen LogP contribution in [0.1, 0.15) is 40.0 Å². The summed E-state index contributed by atoms with van der Waals surface area (Å²) >= 11 is 0. The zero-order chi connectivity index (χ0) is 12.4. The first-order valence-electron chi connectivity index (χ1n) is 6.81. The summed E-state index contributed by atoms with van der Waals surface area (Å²) in [5, 5.41) is 7.91. The van der Waals surface area contributed by atoms with Gasteiger partial charge in [0.2, 0.25) is 0 Å². The van der Waals surface area contributed by atoms with Gasteiger partial charge in [-0.15, -0.1) is 0 Å². The lowest BCUT2D eigenvalue weighted by atomic mass is 9.74. The molecular weight excluding hydrogens is 210 g/mol. The summed E-state index contributed by atoms with van der Waals surface area (Å²) in [6.45, 7) is 7.06. The predicted octanol–water partition coefficient (Wildman–Crippen LogP) is 3.29. The lowest BCUT2D eigenvalue weighted by molar-refractivity contribution is 0.212. The lowest BCUT2D eigenvalue weighted by Crippen LogP contribution is -2.37. The minimum Gasteiger partial charge on any atom is -0.379 e. The molecule has 1 N–H and O–H groups in total. The minimum absolute atomic E-state index is 0.614. The molecule has 0 spiro atoms. The molecule has 0 radical (unpaired) electrons. The van der Waals surface area contributed by atoms with Crippen molar-refractivity contribution in [2.45, 2.75) is 46.1 Å². The number of hydrogen-bond donors (Lipinski definition) is 1. The Kier molecular flexibility index (Phi) is 3.75. The zero-order valence-corrected chi connectivity index (χ0v) is 11.5. The van der Waals surface area contributed by atoms with Crippen molar-refractivity contribution in [1.82, 2.24) is 9.78 Å². The summed E-state index contributed by atoms with van der Waals surface area (Å²) in [6.07, 6.45) is 8.02. The van der Waals surface area contributed by atoms with E-state index >= 15 is 0 Å². The third-order valence-corrected chi connectivity index (χ3v) is 4.08. The van der Waals surface area contributed by atoms with E-state index in [1.54, 1.807) is 0 Å². The van der Waals surface area contributed by atoms with Crippen LogP contribution >= 0.6 is 0 Å². The Hall–Kier alpha value is -0.990. The van der Waals surface area contributed by atoms with Gasteiger partial charge >= 0.3 is 0 Å². The van der Waals surface area contributed by atoms with E-state index in [-0.39, 0.29) is 0 Å². The Balaban J connectivity index is 2.04. The average Bonchev–Trinajstić information content (AvgIpc) is 2.63. The van der Waals surface area contributed by atoms with Crippen molar-refractivity contribution in [2.24, 2.45) is 24.8 Å². The van der Waals surface area contributed by atoms with E-state index in [2.05, 4.69) is 37.4 Å². The molecular formula is C14H25N3. The van der Waals surface area contributed by atoms with E-state index in [0.717, 1.165) is 23.4 Å². The Bertz CT molecular complexity index is 356. The van der Waals surface area contributed by atoms with Crippen molar-refractivity contribution < 1.29 is 0 Å². The molecule has 3 atom stereocenters. The summed E-state index contributed by atoms with van der Waals surface area (Å²) in [5.41, 5.74) is 1.16. The maximum absolute atomic E-state index is 4.23. The van der Waals surface area contributed by atoms with Crippen LogP contribution in [0.15, 0.2) is 12.4 Å². The van der Waals surface area contributed by atoms with Crippen molar-refractivity contribution in [1.29, 1.82) is 0 Å². The number of aryl methyl sites for hydroxylation is 1. The van der Waals surface area contributed by atoms with E-state index in [1.165, 1.54) is 19.3 Å². The van der Waals surface area contributed by atoms with Crippen LogP contribution in [0, 0.1) is 17.8 Å². The number of nitrogens with zero attached hydrogens (tertiary/aromatic N) is 2. The van der Waals surface area contributed by atoms with Gasteiger partial charge in [0, 0.05) is 19.3 Å². The Morgan fingerprint density at radius 3 is 2.76 bits per heavy atom. The summed E-state index contributed by atoms with van der Waals surface area (Å²) in [6, 6.07) is 0.614. The Morgan fingerprint density at radius 1 is 1.41 bits per heavy atom. The second-order valence-corrected chi connectivity index (χ2v) is 5.98. The lowest BCUT2D eigenvalue weighted by Gasteiger charge is -2.38. The molecule has 1 aliphatic carbocycles. The van der Waals surface area contributed by atoms with Crippen LogP contribution in [0.25, 0.3) is 0 Å². The van der Waals surface area contributed by atoms with Gasteiger partial charge in [0.05, 0.1) is 11.9 Å². The topological polar surface area (TPSA) is 29.9 Å². The third-order valence-electron chi connectivity index (χ3n) is 4.08. The van der Waals surface area contributed by atoms with E-state index in [0.29, 0.717) is 6.04 Å². The van der Waals surface area contributed by atoms with Gasteiger partial charge in [-0.05, 0) is 30.6 Å². The Morgan fingerprint density at radius 2 is 2.18 bits per heavy atom. The summed E-state index contributed by atoms with van der Waals surface area (Å²) in [4.78, 5) is 0. The number of aromatic nitrogens is 2. The molecule has 3 nitrogen and oxygen atoms in total. The smallest absolute Gasteiger partial charge is 0.0728 e. The summed E-state index contributed by atoms with van der Waals surface area (Å²) in [7, 11) is 1.97. The third kappa shape index (κ3) is 3.02. The van der Waals surface area contributed by atoms with Gasteiger partial charge in [-0.3, -0.25) is 4.68 Å². The van der Waals surface area contributed by atoms with E-state index < -0.39 is 0 Å². The van der Waals surface area contributed by atoms with Crippen molar-refractivity contribution in [3.8, 4) is 0 Å². The molecule has 0 bridgehead atoms. The van der Waals surface area contributed by atoms with Crippen LogP contribution < -0.4 is 5.32 Å². The van der Waals surface area contributed by atoms with Crippen molar-refractivity contribution in [3.05, 3.63) is 12.4 Å². The van der Waals surface area contributed by atoms with Gasteiger partial charge in [-0.1, -0.05) is 27.2 Å².